The van der Waals surface area contributed by atoms with Crippen molar-refractivity contribution in [3.8, 4) is 16.9 Å². The number of hydrogen-bond acceptors (Lipinski definition) is 3. The number of esters is 1. The van der Waals surface area contributed by atoms with Crippen molar-refractivity contribution < 1.29 is 14.6 Å². The summed E-state index contributed by atoms with van der Waals surface area (Å²) in [5, 5.41) is 10.9. The number of ether oxygens (including phenoxy) is 1. The zero-order chi connectivity index (χ0) is 19.3. The smallest absolute Gasteiger partial charge is 0.333 e. The van der Waals surface area contributed by atoms with Crippen molar-refractivity contribution in [2.75, 3.05) is 6.61 Å². The van der Waals surface area contributed by atoms with E-state index in [4.69, 9.17) is 4.74 Å². The highest BCUT2D eigenvalue weighted by atomic mass is 16.5. The molecule has 0 bridgehead atoms. The first-order chi connectivity index (χ1) is 12.3. The minimum absolute atomic E-state index is 0.155. The molecule has 3 nitrogen and oxygen atoms in total. The first-order valence-electron chi connectivity index (χ1n) is 9.00. The highest BCUT2D eigenvalue weighted by molar-refractivity contribution is 5.86. The number of hydrogen-bond donors (Lipinski definition) is 1. The summed E-state index contributed by atoms with van der Waals surface area (Å²) in [5.74, 6) is -0.0492. The molecule has 0 amide bonds. The molecule has 0 saturated heterocycles. The number of aromatic hydroxyl groups is 1. The highest BCUT2D eigenvalue weighted by Gasteiger charge is 2.24. The lowest BCUT2D eigenvalue weighted by Gasteiger charge is -2.26. The zero-order valence-electron chi connectivity index (χ0n) is 16.1. The topological polar surface area (TPSA) is 46.5 Å². The van der Waals surface area contributed by atoms with Crippen molar-refractivity contribution >= 4 is 5.97 Å². The Labute approximate surface area is 156 Å². The summed E-state index contributed by atoms with van der Waals surface area (Å²) >= 11 is 0. The molecular weight excluding hydrogens is 324 g/mol. The van der Waals surface area contributed by atoms with Crippen LogP contribution in [0.4, 0.5) is 0 Å². The third-order valence-corrected chi connectivity index (χ3v) is 4.84. The van der Waals surface area contributed by atoms with E-state index in [-0.39, 0.29) is 18.0 Å². The normalized spacial score (nSPS) is 11.2. The molecule has 0 atom stereocenters. The van der Waals surface area contributed by atoms with E-state index >= 15 is 0 Å². The number of benzene rings is 2. The van der Waals surface area contributed by atoms with E-state index in [2.05, 4.69) is 27.4 Å². The number of carbonyl (C=O) groups excluding carboxylic acids is 1. The minimum Gasteiger partial charge on any atom is -0.507 e. The number of carbonyl (C=O) groups is 1. The minimum atomic E-state index is -0.374. The summed E-state index contributed by atoms with van der Waals surface area (Å²) < 4.78 is 5.23. The number of phenolic OH excluding ortho intramolecular Hbond substituents is 1. The largest absolute Gasteiger partial charge is 0.507 e. The molecule has 2 aromatic rings. The van der Waals surface area contributed by atoms with Crippen LogP contribution in [0, 0.1) is 0 Å². The van der Waals surface area contributed by atoms with Gasteiger partial charge in [0.1, 0.15) is 5.75 Å². The Hall–Kier alpha value is -2.55. The molecular formula is C23H28O3. The van der Waals surface area contributed by atoms with Gasteiger partial charge in [0.2, 0.25) is 0 Å². The van der Waals surface area contributed by atoms with E-state index in [1.807, 2.05) is 42.5 Å². The second-order valence-corrected chi connectivity index (χ2v) is 7.31. The monoisotopic (exact) mass is 352 g/mol. The van der Waals surface area contributed by atoms with Gasteiger partial charge in [-0.25, -0.2) is 4.79 Å². The molecule has 2 aromatic carbocycles. The van der Waals surface area contributed by atoms with Crippen molar-refractivity contribution in [3.63, 3.8) is 0 Å². The van der Waals surface area contributed by atoms with Gasteiger partial charge in [-0.3, -0.25) is 0 Å². The van der Waals surface area contributed by atoms with Gasteiger partial charge in [-0.1, -0.05) is 63.7 Å². The molecule has 26 heavy (non-hydrogen) atoms. The first-order valence-corrected chi connectivity index (χ1v) is 9.00. The maximum Gasteiger partial charge on any atom is 0.333 e. The lowest BCUT2D eigenvalue weighted by atomic mass is 9.79. The average Bonchev–Trinajstić information content (AvgIpc) is 2.63. The predicted molar refractivity (Wildman–Crippen MR) is 106 cm³/mol. The lowest BCUT2D eigenvalue weighted by molar-refractivity contribution is -0.138. The molecule has 138 valence electrons. The summed E-state index contributed by atoms with van der Waals surface area (Å²) in [5.41, 5.74) is 3.98. The number of phenols is 1. The standard InChI is InChI=1S/C23H28O3/c1-6-23(4,5)20-15-17(12-13-26-22(25)16(2)3)14-19(21(20)24)18-10-8-7-9-11-18/h7-11,14-15,24H,2,6,12-13H2,1,3-5H3. The van der Waals surface area contributed by atoms with Gasteiger partial charge >= 0.3 is 5.97 Å². The van der Waals surface area contributed by atoms with Gasteiger partial charge in [0.15, 0.2) is 0 Å². The third-order valence-electron chi connectivity index (χ3n) is 4.84. The fourth-order valence-electron chi connectivity index (χ4n) is 2.77. The van der Waals surface area contributed by atoms with Crippen molar-refractivity contribution in [2.45, 2.75) is 46.0 Å². The lowest BCUT2D eigenvalue weighted by Crippen LogP contribution is -2.17. The molecule has 0 fully saturated rings. The molecule has 0 saturated carbocycles. The molecule has 0 radical (unpaired) electrons. The molecule has 0 aliphatic carbocycles. The molecule has 1 N–H and O–H groups in total. The Morgan fingerprint density at radius 1 is 1.19 bits per heavy atom. The fourth-order valence-corrected chi connectivity index (χ4v) is 2.77. The van der Waals surface area contributed by atoms with Crippen LogP contribution in [0.15, 0.2) is 54.6 Å². The third kappa shape index (κ3) is 4.54. The summed E-state index contributed by atoms with van der Waals surface area (Å²) in [7, 11) is 0. The maximum atomic E-state index is 11.6. The summed E-state index contributed by atoms with van der Waals surface area (Å²) in [4.78, 5) is 11.6. The van der Waals surface area contributed by atoms with E-state index in [0.717, 1.165) is 28.7 Å². The van der Waals surface area contributed by atoms with Gasteiger partial charge in [0, 0.05) is 23.1 Å². The van der Waals surface area contributed by atoms with Crippen LogP contribution in [-0.4, -0.2) is 17.7 Å². The van der Waals surface area contributed by atoms with Crippen molar-refractivity contribution in [1.82, 2.24) is 0 Å². The van der Waals surface area contributed by atoms with Gasteiger partial charge in [-0.15, -0.1) is 0 Å². The Morgan fingerprint density at radius 3 is 2.42 bits per heavy atom. The molecule has 0 unspecified atom stereocenters. The maximum absolute atomic E-state index is 11.6. The quantitative estimate of drug-likeness (QED) is 0.535. The molecule has 0 heterocycles. The van der Waals surface area contributed by atoms with Gasteiger partial charge in [-0.2, -0.15) is 0 Å². The molecule has 3 heteroatoms. The second-order valence-electron chi connectivity index (χ2n) is 7.31. The second kappa shape index (κ2) is 8.22. The summed E-state index contributed by atoms with van der Waals surface area (Å²) in [6, 6.07) is 13.9. The van der Waals surface area contributed by atoms with Gasteiger partial charge < -0.3 is 9.84 Å². The Bertz CT molecular complexity index is 789. The van der Waals surface area contributed by atoms with Crippen LogP contribution in [0.2, 0.25) is 0 Å². The van der Waals surface area contributed by atoms with E-state index in [1.54, 1.807) is 6.92 Å². The van der Waals surface area contributed by atoms with Crippen LogP contribution in [0.25, 0.3) is 11.1 Å². The van der Waals surface area contributed by atoms with E-state index in [0.29, 0.717) is 17.7 Å². The van der Waals surface area contributed by atoms with Crippen LogP contribution in [0.5, 0.6) is 5.75 Å². The molecule has 0 aliphatic heterocycles. The molecule has 0 spiro atoms. The molecule has 0 aliphatic rings. The molecule has 0 aromatic heterocycles. The van der Waals surface area contributed by atoms with Crippen LogP contribution in [0.3, 0.4) is 0 Å². The summed E-state index contributed by atoms with van der Waals surface area (Å²) in [6.07, 6.45) is 1.49. The van der Waals surface area contributed by atoms with Crippen LogP contribution >= 0.6 is 0 Å². The Balaban J connectivity index is 2.41. The Morgan fingerprint density at radius 2 is 1.85 bits per heavy atom. The summed E-state index contributed by atoms with van der Waals surface area (Å²) in [6.45, 7) is 11.9. The van der Waals surface area contributed by atoms with E-state index < -0.39 is 0 Å². The van der Waals surface area contributed by atoms with Gasteiger partial charge in [0.25, 0.3) is 0 Å². The SMILES string of the molecule is C=C(C)C(=O)OCCc1cc(-c2ccccc2)c(O)c(C(C)(C)CC)c1. The van der Waals surface area contributed by atoms with Crippen molar-refractivity contribution in [2.24, 2.45) is 0 Å². The average molecular weight is 352 g/mol. The van der Waals surface area contributed by atoms with Crippen LogP contribution in [0.1, 0.15) is 45.2 Å². The van der Waals surface area contributed by atoms with Crippen molar-refractivity contribution in [1.29, 1.82) is 0 Å². The van der Waals surface area contributed by atoms with Crippen LogP contribution < -0.4 is 0 Å². The predicted octanol–water partition coefficient (Wildman–Crippen LogP) is 5.41. The first kappa shape index (κ1) is 19.8. The fraction of sp³-hybridized carbons (Fsp3) is 0.348. The number of rotatable bonds is 7. The van der Waals surface area contributed by atoms with E-state index in [1.165, 1.54) is 0 Å². The van der Waals surface area contributed by atoms with Gasteiger partial charge in [0.05, 0.1) is 6.61 Å². The van der Waals surface area contributed by atoms with E-state index in [9.17, 15) is 9.90 Å². The molecule has 2 rings (SSSR count). The van der Waals surface area contributed by atoms with Crippen molar-refractivity contribution in [3.05, 3.63) is 65.7 Å². The van der Waals surface area contributed by atoms with Gasteiger partial charge in [-0.05, 0) is 36.0 Å². The zero-order valence-corrected chi connectivity index (χ0v) is 16.1. The highest BCUT2D eigenvalue weighted by Crippen LogP contribution is 2.41. The van der Waals surface area contributed by atoms with Crippen LogP contribution in [-0.2, 0) is 21.4 Å². The Kier molecular flexibility index (Phi) is 6.25.